The fourth-order valence-corrected chi connectivity index (χ4v) is 3.61. The van der Waals surface area contributed by atoms with Crippen LogP contribution >= 0.6 is 0 Å². The van der Waals surface area contributed by atoms with Crippen molar-refractivity contribution in [3.8, 4) is 16.9 Å². The summed E-state index contributed by atoms with van der Waals surface area (Å²) in [5.41, 5.74) is 2.47. The molecule has 4 rings (SSSR count). The van der Waals surface area contributed by atoms with Gasteiger partial charge in [-0.2, -0.15) is 28.9 Å². The van der Waals surface area contributed by atoms with Gasteiger partial charge in [-0.15, -0.1) is 12.1 Å². The van der Waals surface area contributed by atoms with Gasteiger partial charge in [-0.3, -0.25) is 4.98 Å². The van der Waals surface area contributed by atoms with Crippen molar-refractivity contribution in [3.63, 3.8) is 0 Å². The van der Waals surface area contributed by atoms with Crippen LogP contribution in [0.2, 0.25) is 0 Å². The molecule has 0 fully saturated rings. The van der Waals surface area contributed by atoms with Crippen LogP contribution in [-0.2, 0) is 32.9 Å². The summed E-state index contributed by atoms with van der Waals surface area (Å²) in [4.78, 5) is 12.3. The third-order valence-electron chi connectivity index (χ3n) is 5.28. The smallest absolute Gasteiger partial charge is 0.300 e. The predicted octanol–water partition coefficient (Wildman–Crippen LogP) is 5.51. The van der Waals surface area contributed by atoms with Gasteiger partial charge in [-0.25, -0.2) is 18.4 Å². The van der Waals surface area contributed by atoms with E-state index in [2.05, 4.69) is 65.1 Å². The molecule has 4 aromatic rings. The quantitative estimate of drug-likeness (QED) is 0.213. The van der Waals surface area contributed by atoms with E-state index < -0.39 is 17.3 Å². The second-order valence-corrected chi connectivity index (χ2v) is 9.75. The van der Waals surface area contributed by atoms with Gasteiger partial charge in [0.2, 0.25) is 0 Å². The predicted molar refractivity (Wildman–Crippen MR) is 122 cm³/mol. The maximum absolute atomic E-state index is 14.2. The van der Waals surface area contributed by atoms with Crippen molar-refractivity contribution in [1.82, 2.24) is 24.7 Å². The van der Waals surface area contributed by atoms with Gasteiger partial charge in [0.25, 0.3) is 0 Å². The standard InChI is InChI=1S/C26H25F2N5.Pt/c1-25(2,3)15-17-8-6-9-18(14-17)33-16-29-24(32-33)26(4,5)21-11-7-10-20(30-21)19-12-13-22(27)31-23(19)28;/h6-8,10-11,13-14,16H,15H2,1-5H3;/q-2;+2. The van der Waals surface area contributed by atoms with Crippen molar-refractivity contribution in [2.24, 2.45) is 5.41 Å². The van der Waals surface area contributed by atoms with Crippen molar-refractivity contribution < 1.29 is 29.8 Å². The Balaban J connectivity index is 0.00000324. The van der Waals surface area contributed by atoms with E-state index in [1.54, 1.807) is 23.1 Å². The summed E-state index contributed by atoms with van der Waals surface area (Å²) in [5, 5.41) is 4.69. The van der Waals surface area contributed by atoms with Gasteiger partial charge >= 0.3 is 21.1 Å². The van der Waals surface area contributed by atoms with Crippen LogP contribution in [0.5, 0.6) is 0 Å². The molecule has 0 radical (unpaired) electrons. The number of hydrogen-bond acceptors (Lipinski definition) is 4. The zero-order valence-corrected chi connectivity index (χ0v) is 21.9. The van der Waals surface area contributed by atoms with Crippen molar-refractivity contribution in [3.05, 3.63) is 89.9 Å². The molecular formula is C26H25F2N5Pt. The Morgan fingerprint density at radius 1 is 1.00 bits per heavy atom. The van der Waals surface area contributed by atoms with E-state index in [1.807, 2.05) is 26.0 Å². The van der Waals surface area contributed by atoms with Gasteiger partial charge in [-0.05, 0) is 43.1 Å². The summed E-state index contributed by atoms with van der Waals surface area (Å²) in [7, 11) is 0. The fraction of sp³-hybridized carbons (Fsp3) is 0.308. The molecule has 1 aromatic carbocycles. The first-order chi connectivity index (χ1) is 15.5. The average Bonchev–Trinajstić information content (AvgIpc) is 3.24. The monoisotopic (exact) mass is 640 g/mol. The van der Waals surface area contributed by atoms with Crippen molar-refractivity contribution in [2.45, 2.75) is 46.5 Å². The molecule has 8 heteroatoms. The van der Waals surface area contributed by atoms with Crippen LogP contribution in [0.15, 0.2) is 48.8 Å². The molecule has 5 nitrogen and oxygen atoms in total. The van der Waals surface area contributed by atoms with E-state index in [-0.39, 0.29) is 32.0 Å². The van der Waals surface area contributed by atoms with E-state index in [0.29, 0.717) is 17.2 Å². The van der Waals surface area contributed by atoms with Crippen molar-refractivity contribution >= 4 is 0 Å². The van der Waals surface area contributed by atoms with Gasteiger partial charge in [0.15, 0.2) is 5.82 Å². The Labute approximate surface area is 213 Å². The van der Waals surface area contributed by atoms with Crippen LogP contribution in [0.4, 0.5) is 8.78 Å². The molecule has 0 bridgehead atoms. The normalized spacial score (nSPS) is 11.9. The Kier molecular flexibility index (Phi) is 7.46. The van der Waals surface area contributed by atoms with Gasteiger partial charge < -0.3 is 4.98 Å². The number of rotatable bonds is 5. The third kappa shape index (κ3) is 5.64. The summed E-state index contributed by atoms with van der Waals surface area (Å²) in [6.07, 6.45) is 2.59. The van der Waals surface area contributed by atoms with Crippen LogP contribution in [0.1, 0.15) is 51.7 Å². The Morgan fingerprint density at radius 2 is 1.76 bits per heavy atom. The molecule has 178 valence electrons. The SMILES string of the molecule is CC(C)(C)Cc1cc[c-]c(-n2cnc(C(C)(C)c3cccc(-c4[c-]cc(F)nc4F)n3)n2)c1.[Pt+2]. The summed E-state index contributed by atoms with van der Waals surface area (Å²) < 4.78 is 29.0. The minimum Gasteiger partial charge on any atom is -0.300 e. The summed E-state index contributed by atoms with van der Waals surface area (Å²) in [6, 6.07) is 18.0. The molecule has 0 unspecified atom stereocenters. The number of pyridine rings is 2. The average molecular weight is 641 g/mol. The molecule has 0 aliphatic heterocycles. The zero-order chi connectivity index (χ0) is 23.8. The first kappa shape index (κ1) is 25.8. The Bertz CT molecular complexity index is 1290. The van der Waals surface area contributed by atoms with E-state index in [4.69, 9.17) is 0 Å². The first-order valence-corrected chi connectivity index (χ1v) is 10.7. The minimum atomic E-state index is -0.953. The molecule has 3 aromatic heterocycles. The molecule has 0 N–H and O–H groups in total. The van der Waals surface area contributed by atoms with Crippen LogP contribution in [0.3, 0.4) is 0 Å². The molecule has 0 amide bonds. The molecule has 0 saturated heterocycles. The number of benzene rings is 1. The van der Waals surface area contributed by atoms with Gasteiger partial charge in [0, 0.05) is 5.69 Å². The maximum Gasteiger partial charge on any atom is 2.00 e. The summed E-state index contributed by atoms with van der Waals surface area (Å²) in [5.74, 6) is -1.32. The number of halogens is 2. The largest absolute Gasteiger partial charge is 2.00 e. The van der Waals surface area contributed by atoms with Crippen molar-refractivity contribution in [2.75, 3.05) is 0 Å². The third-order valence-corrected chi connectivity index (χ3v) is 5.28. The number of nitrogens with zero attached hydrogens (tertiary/aromatic N) is 5. The molecule has 0 saturated carbocycles. The fourth-order valence-electron chi connectivity index (χ4n) is 3.61. The first-order valence-electron chi connectivity index (χ1n) is 10.7. The molecule has 0 atom stereocenters. The Morgan fingerprint density at radius 3 is 2.47 bits per heavy atom. The van der Waals surface area contributed by atoms with Gasteiger partial charge in [-0.1, -0.05) is 44.5 Å². The van der Waals surface area contributed by atoms with E-state index in [1.165, 1.54) is 5.56 Å². The second kappa shape index (κ2) is 9.83. The summed E-state index contributed by atoms with van der Waals surface area (Å²) in [6.45, 7) is 10.5. The molecule has 0 aliphatic rings. The zero-order valence-electron chi connectivity index (χ0n) is 19.6. The second-order valence-electron chi connectivity index (χ2n) is 9.75. The van der Waals surface area contributed by atoms with Gasteiger partial charge in [0.1, 0.15) is 18.2 Å². The molecule has 0 spiro atoms. The molecule has 34 heavy (non-hydrogen) atoms. The maximum atomic E-state index is 14.2. The van der Waals surface area contributed by atoms with Crippen molar-refractivity contribution in [1.29, 1.82) is 0 Å². The van der Waals surface area contributed by atoms with Crippen LogP contribution in [0, 0.1) is 29.4 Å². The molecular weight excluding hydrogens is 615 g/mol. The van der Waals surface area contributed by atoms with E-state index >= 15 is 0 Å². The number of aromatic nitrogens is 5. The molecule has 0 aliphatic carbocycles. The molecule has 3 heterocycles. The van der Waals surface area contributed by atoms with Crippen LogP contribution < -0.4 is 0 Å². The van der Waals surface area contributed by atoms with Gasteiger partial charge in [0.05, 0.1) is 5.41 Å². The van der Waals surface area contributed by atoms with Crippen LogP contribution in [0.25, 0.3) is 16.9 Å². The minimum absolute atomic E-state index is 0. The number of hydrogen-bond donors (Lipinski definition) is 0. The Hall–Kier alpha value is -2.79. The van der Waals surface area contributed by atoms with Crippen LogP contribution in [-0.4, -0.2) is 24.7 Å². The van der Waals surface area contributed by atoms with E-state index in [0.717, 1.165) is 18.2 Å². The van der Waals surface area contributed by atoms with E-state index in [9.17, 15) is 8.78 Å². The summed E-state index contributed by atoms with van der Waals surface area (Å²) >= 11 is 0. The topological polar surface area (TPSA) is 56.5 Å².